The molecule has 0 saturated heterocycles. The van der Waals surface area contributed by atoms with E-state index >= 15 is 0 Å². The van der Waals surface area contributed by atoms with Gasteiger partial charge in [0.2, 0.25) is 5.91 Å². The Morgan fingerprint density at radius 1 is 1.56 bits per heavy atom. The number of hydrogen-bond donors (Lipinski definition) is 2. The lowest BCUT2D eigenvalue weighted by molar-refractivity contribution is -0.389. The second-order valence-corrected chi connectivity index (χ2v) is 3.14. The van der Waals surface area contributed by atoms with E-state index in [0.717, 1.165) is 0 Å². The molecular weight excluding hydrogens is 212 g/mol. The number of aromatic nitrogens is 1. The lowest BCUT2D eigenvalue weighted by Gasteiger charge is -2.11. The SMILES string of the molecule is CNC(=O)C(C)Nc1ccc([N+](=O)[O-])nc1. The molecule has 0 radical (unpaired) electrons. The number of hydrogen-bond acceptors (Lipinski definition) is 5. The third kappa shape index (κ3) is 2.91. The Labute approximate surface area is 92.0 Å². The average molecular weight is 224 g/mol. The minimum Gasteiger partial charge on any atom is -0.371 e. The maximum Gasteiger partial charge on any atom is 0.363 e. The van der Waals surface area contributed by atoms with E-state index in [9.17, 15) is 14.9 Å². The number of nitrogens with one attached hydrogen (secondary N) is 2. The van der Waals surface area contributed by atoms with Gasteiger partial charge in [-0.3, -0.25) is 4.79 Å². The lowest BCUT2D eigenvalue weighted by atomic mass is 10.3. The van der Waals surface area contributed by atoms with Gasteiger partial charge in [-0.2, -0.15) is 0 Å². The summed E-state index contributed by atoms with van der Waals surface area (Å²) in [5.74, 6) is -0.392. The van der Waals surface area contributed by atoms with Crippen LogP contribution >= 0.6 is 0 Å². The second kappa shape index (κ2) is 5.06. The number of carbonyl (C=O) groups excluding carboxylic acids is 1. The largest absolute Gasteiger partial charge is 0.371 e. The normalized spacial score (nSPS) is 11.6. The third-order valence-electron chi connectivity index (χ3n) is 1.96. The summed E-state index contributed by atoms with van der Waals surface area (Å²) < 4.78 is 0. The van der Waals surface area contributed by atoms with Crippen LogP contribution in [0.2, 0.25) is 0 Å². The summed E-state index contributed by atoms with van der Waals surface area (Å²) in [5.41, 5.74) is 0.557. The van der Waals surface area contributed by atoms with Crippen molar-refractivity contribution in [2.45, 2.75) is 13.0 Å². The maximum atomic E-state index is 11.2. The molecule has 0 bridgehead atoms. The fourth-order valence-corrected chi connectivity index (χ4v) is 1.11. The van der Waals surface area contributed by atoms with Gasteiger partial charge in [0.05, 0.1) is 5.69 Å². The Morgan fingerprint density at radius 2 is 2.25 bits per heavy atom. The summed E-state index contributed by atoms with van der Waals surface area (Å²) in [6, 6.07) is 2.36. The van der Waals surface area contributed by atoms with Crippen molar-refractivity contribution in [3.05, 3.63) is 28.4 Å². The fraction of sp³-hybridized carbons (Fsp3) is 0.333. The molecule has 2 N–H and O–H groups in total. The van der Waals surface area contributed by atoms with Gasteiger partial charge in [-0.1, -0.05) is 0 Å². The van der Waals surface area contributed by atoms with Crippen LogP contribution in [-0.2, 0) is 4.79 Å². The first kappa shape index (κ1) is 11.9. The molecule has 0 aromatic carbocycles. The van der Waals surface area contributed by atoms with Crippen molar-refractivity contribution in [3.63, 3.8) is 0 Å². The summed E-state index contributed by atoms with van der Waals surface area (Å²) in [7, 11) is 1.54. The minimum absolute atomic E-state index is 0.168. The Balaban J connectivity index is 2.68. The van der Waals surface area contributed by atoms with Gasteiger partial charge < -0.3 is 20.7 Å². The average Bonchev–Trinajstić information content (AvgIpc) is 2.28. The first-order valence-corrected chi connectivity index (χ1v) is 4.63. The Kier molecular flexibility index (Phi) is 3.76. The molecule has 0 aliphatic carbocycles. The van der Waals surface area contributed by atoms with Gasteiger partial charge in [0.25, 0.3) is 0 Å². The molecule has 86 valence electrons. The van der Waals surface area contributed by atoms with Crippen LogP contribution in [0, 0.1) is 10.1 Å². The predicted octanol–water partition coefficient (Wildman–Crippen LogP) is 0.536. The van der Waals surface area contributed by atoms with Crippen molar-refractivity contribution in [1.82, 2.24) is 10.3 Å². The number of nitrogens with zero attached hydrogens (tertiary/aromatic N) is 2. The molecular formula is C9H12N4O3. The molecule has 1 atom stereocenters. The van der Waals surface area contributed by atoms with Crippen LogP contribution in [0.3, 0.4) is 0 Å². The zero-order valence-corrected chi connectivity index (χ0v) is 8.93. The van der Waals surface area contributed by atoms with Gasteiger partial charge in [-0.15, -0.1) is 0 Å². The number of anilines is 1. The van der Waals surface area contributed by atoms with Gasteiger partial charge >= 0.3 is 5.82 Å². The topological polar surface area (TPSA) is 97.2 Å². The fourth-order valence-electron chi connectivity index (χ4n) is 1.11. The molecule has 1 amide bonds. The third-order valence-corrected chi connectivity index (χ3v) is 1.96. The van der Waals surface area contributed by atoms with Crippen molar-refractivity contribution in [2.75, 3.05) is 12.4 Å². The monoisotopic (exact) mass is 224 g/mol. The summed E-state index contributed by atoms with van der Waals surface area (Å²) in [4.78, 5) is 24.6. The van der Waals surface area contributed by atoms with Crippen LogP contribution in [0.4, 0.5) is 11.5 Å². The van der Waals surface area contributed by atoms with Crippen molar-refractivity contribution < 1.29 is 9.72 Å². The van der Waals surface area contributed by atoms with E-state index in [4.69, 9.17) is 0 Å². The minimum atomic E-state index is -0.577. The second-order valence-electron chi connectivity index (χ2n) is 3.14. The molecule has 1 aromatic heterocycles. The van der Waals surface area contributed by atoms with Crippen LogP contribution in [0.5, 0.6) is 0 Å². The highest BCUT2D eigenvalue weighted by Crippen LogP contribution is 2.12. The van der Waals surface area contributed by atoms with Crippen molar-refractivity contribution >= 4 is 17.4 Å². The highest BCUT2D eigenvalue weighted by Gasteiger charge is 2.12. The molecule has 1 unspecified atom stereocenters. The number of carbonyl (C=O) groups is 1. The number of pyridine rings is 1. The Hall–Kier alpha value is -2.18. The van der Waals surface area contributed by atoms with Crippen LogP contribution in [0.15, 0.2) is 18.3 Å². The van der Waals surface area contributed by atoms with Gasteiger partial charge in [0, 0.05) is 13.1 Å². The van der Waals surface area contributed by atoms with Crippen LogP contribution in [0.1, 0.15) is 6.92 Å². The number of nitro groups is 1. The van der Waals surface area contributed by atoms with Gasteiger partial charge in [0.1, 0.15) is 6.04 Å². The number of likely N-dealkylation sites (N-methyl/N-ethyl adjacent to an activating group) is 1. The van der Waals surface area contributed by atoms with E-state index in [1.807, 2.05) is 0 Å². The van der Waals surface area contributed by atoms with Crippen LogP contribution in [-0.4, -0.2) is 28.9 Å². The summed E-state index contributed by atoms with van der Waals surface area (Å²) >= 11 is 0. The molecule has 7 nitrogen and oxygen atoms in total. The van der Waals surface area contributed by atoms with Crippen LogP contribution in [0.25, 0.3) is 0 Å². The Bertz CT molecular complexity index is 390. The zero-order chi connectivity index (χ0) is 12.1. The summed E-state index contributed by atoms with van der Waals surface area (Å²) in [6.07, 6.45) is 1.32. The van der Waals surface area contributed by atoms with Crippen LogP contribution < -0.4 is 10.6 Å². The highest BCUT2D eigenvalue weighted by molar-refractivity contribution is 5.83. The van der Waals surface area contributed by atoms with E-state index in [2.05, 4.69) is 15.6 Å². The first-order chi connectivity index (χ1) is 7.54. The highest BCUT2D eigenvalue weighted by atomic mass is 16.6. The molecule has 0 aliphatic heterocycles. The quantitative estimate of drug-likeness (QED) is 0.574. The molecule has 0 fully saturated rings. The standard InChI is InChI=1S/C9H12N4O3/c1-6(9(14)10-2)12-7-3-4-8(11-5-7)13(15)16/h3-6,12H,1-2H3,(H,10,14). The van der Waals surface area contributed by atoms with Crippen molar-refractivity contribution in [1.29, 1.82) is 0 Å². The molecule has 1 rings (SSSR count). The number of rotatable bonds is 4. The first-order valence-electron chi connectivity index (χ1n) is 4.63. The smallest absolute Gasteiger partial charge is 0.363 e. The summed E-state index contributed by atoms with van der Waals surface area (Å²) in [5, 5.41) is 15.7. The van der Waals surface area contributed by atoms with Gasteiger partial charge in [0.15, 0.2) is 6.20 Å². The van der Waals surface area contributed by atoms with E-state index in [1.54, 1.807) is 6.92 Å². The van der Waals surface area contributed by atoms with Gasteiger partial charge in [-0.25, -0.2) is 0 Å². The Morgan fingerprint density at radius 3 is 2.69 bits per heavy atom. The summed E-state index contributed by atoms with van der Waals surface area (Å²) in [6.45, 7) is 1.68. The van der Waals surface area contributed by atoms with Crippen molar-refractivity contribution in [3.8, 4) is 0 Å². The van der Waals surface area contributed by atoms with E-state index in [1.165, 1.54) is 25.4 Å². The zero-order valence-electron chi connectivity index (χ0n) is 8.93. The lowest BCUT2D eigenvalue weighted by Crippen LogP contribution is -2.35. The van der Waals surface area contributed by atoms with Crippen molar-refractivity contribution in [2.24, 2.45) is 0 Å². The molecule has 16 heavy (non-hydrogen) atoms. The molecule has 1 aromatic rings. The van der Waals surface area contributed by atoms with E-state index < -0.39 is 11.0 Å². The van der Waals surface area contributed by atoms with Gasteiger partial charge in [-0.05, 0) is 22.9 Å². The molecule has 7 heteroatoms. The maximum absolute atomic E-state index is 11.2. The molecule has 0 saturated carbocycles. The predicted molar refractivity (Wildman–Crippen MR) is 58.0 cm³/mol. The van der Waals surface area contributed by atoms with E-state index in [-0.39, 0.29) is 11.7 Å². The molecule has 1 heterocycles. The molecule has 0 aliphatic rings. The molecule has 0 spiro atoms. The van der Waals surface area contributed by atoms with E-state index in [0.29, 0.717) is 5.69 Å². The number of amides is 1.